The molecule has 0 bridgehead atoms. The van der Waals surface area contributed by atoms with Crippen molar-refractivity contribution < 1.29 is 4.79 Å². The quantitative estimate of drug-likeness (QED) is 0.416. The lowest BCUT2D eigenvalue weighted by molar-refractivity contribution is -0.115. The third-order valence-corrected chi connectivity index (χ3v) is 6.08. The second-order valence-corrected chi connectivity index (χ2v) is 8.78. The van der Waals surface area contributed by atoms with E-state index in [-0.39, 0.29) is 11.5 Å². The zero-order valence-corrected chi connectivity index (χ0v) is 18.9. The van der Waals surface area contributed by atoms with Gasteiger partial charge < -0.3 is 5.32 Å². The number of nitrogens with zero attached hydrogens (tertiary/aromatic N) is 3. The molecule has 0 saturated heterocycles. The van der Waals surface area contributed by atoms with Crippen molar-refractivity contribution in [3.8, 4) is 23.0 Å². The number of amides is 1. The van der Waals surface area contributed by atoms with Crippen molar-refractivity contribution in [1.29, 1.82) is 5.26 Å². The standard InChI is InChI=1S/C25H21N5O2S/c1-16-8-10-18(11-9-16)21-13-12-19(15-26)25(27-21)33-17(2)24(32)28-22-14-23(31)30(29-22)20-6-4-3-5-7-20/h3-14,17,29H,1-2H3,(H,28,32). The molecule has 7 nitrogen and oxygen atoms in total. The molecule has 2 heterocycles. The fourth-order valence-electron chi connectivity index (χ4n) is 3.18. The molecule has 0 aliphatic rings. The van der Waals surface area contributed by atoms with E-state index in [0.717, 1.165) is 16.8 Å². The summed E-state index contributed by atoms with van der Waals surface area (Å²) in [5.41, 5.74) is 3.60. The van der Waals surface area contributed by atoms with Gasteiger partial charge in [-0.1, -0.05) is 59.8 Å². The zero-order chi connectivity index (χ0) is 23.4. The molecule has 0 saturated carbocycles. The third kappa shape index (κ3) is 5.05. The number of H-pyrrole nitrogens is 1. The summed E-state index contributed by atoms with van der Waals surface area (Å²) >= 11 is 1.20. The first-order valence-corrected chi connectivity index (χ1v) is 11.2. The summed E-state index contributed by atoms with van der Waals surface area (Å²) in [4.78, 5) is 29.7. The number of rotatable bonds is 6. The molecule has 164 valence electrons. The third-order valence-electron chi connectivity index (χ3n) is 4.98. The van der Waals surface area contributed by atoms with Crippen LogP contribution in [0.4, 0.5) is 5.82 Å². The van der Waals surface area contributed by atoms with Gasteiger partial charge in [0, 0.05) is 11.6 Å². The van der Waals surface area contributed by atoms with E-state index in [0.29, 0.717) is 22.1 Å². The van der Waals surface area contributed by atoms with Crippen molar-refractivity contribution >= 4 is 23.5 Å². The van der Waals surface area contributed by atoms with Crippen molar-refractivity contribution in [3.63, 3.8) is 0 Å². The summed E-state index contributed by atoms with van der Waals surface area (Å²) in [6, 6.07) is 24.0. The topological polar surface area (TPSA) is 104 Å². The normalized spacial score (nSPS) is 11.5. The van der Waals surface area contributed by atoms with Gasteiger partial charge in [-0.15, -0.1) is 0 Å². The minimum Gasteiger partial charge on any atom is -0.310 e. The van der Waals surface area contributed by atoms with E-state index in [2.05, 4.69) is 21.5 Å². The van der Waals surface area contributed by atoms with Crippen LogP contribution in [0.1, 0.15) is 18.1 Å². The Hall–Kier alpha value is -4.09. The summed E-state index contributed by atoms with van der Waals surface area (Å²) in [7, 11) is 0. The monoisotopic (exact) mass is 455 g/mol. The summed E-state index contributed by atoms with van der Waals surface area (Å²) in [6.45, 7) is 3.74. The number of aromatic amines is 1. The lowest BCUT2D eigenvalue weighted by Crippen LogP contribution is -2.23. The maximum atomic E-state index is 12.8. The Bertz CT molecular complexity index is 1390. The Labute approximate surface area is 195 Å². The summed E-state index contributed by atoms with van der Waals surface area (Å²) in [6.07, 6.45) is 0. The molecule has 2 N–H and O–H groups in total. The Kier molecular flexibility index (Phi) is 6.43. The first-order valence-electron chi connectivity index (χ1n) is 10.3. The van der Waals surface area contributed by atoms with Gasteiger partial charge in [0.25, 0.3) is 5.56 Å². The van der Waals surface area contributed by atoms with Crippen LogP contribution in [0, 0.1) is 18.3 Å². The Morgan fingerprint density at radius 3 is 2.55 bits per heavy atom. The van der Waals surface area contributed by atoms with Crippen LogP contribution >= 0.6 is 11.8 Å². The zero-order valence-electron chi connectivity index (χ0n) is 18.1. The average molecular weight is 456 g/mol. The maximum Gasteiger partial charge on any atom is 0.273 e. The number of hydrogen-bond acceptors (Lipinski definition) is 5. The van der Waals surface area contributed by atoms with Gasteiger partial charge in [0.2, 0.25) is 5.91 Å². The molecule has 2 aromatic carbocycles. The van der Waals surface area contributed by atoms with Gasteiger partial charge in [0.05, 0.1) is 22.2 Å². The number of carbonyl (C=O) groups is 1. The minimum absolute atomic E-state index is 0.281. The second kappa shape index (κ2) is 9.59. The summed E-state index contributed by atoms with van der Waals surface area (Å²) in [5.74, 6) is -0.0175. The van der Waals surface area contributed by atoms with Crippen molar-refractivity contribution in [3.05, 3.63) is 94.3 Å². The van der Waals surface area contributed by atoms with Crippen LogP contribution in [-0.4, -0.2) is 25.9 Å². The largest absolute Gasteiger partial charge is 0.310 e. The van der Waals surface area contributed by atoms with Crippen LogP contribution in [0.25, 0.3) is 16.9 Å². The van der Waals surface area contributed by atoms with E-state index in [9.17, 15) is 14.9 Å². The molecule has 0 aliphatic heterocycles. The minimum atomic E-state index is -0.554. The number of aryl methyl sites for hydroxylation is 1. The molecule has 0 radical (unpaired) electrons. The maximum absolute atomic E-state index is 12.8. The number of nitrogens with one attached hydrogen (secondary N) is 2. The van der Waals surface area contributed by atoms with E-state index in [1.165, 1.54) is 22.5 Å². The van der Waals surface area contributed by atoms with Crippen molar-refractivity contribution in [2.75, 3.05) is 5.32 Å². The molecule has 0 spiro atoms. The number of nitriles is 1. The van der Waals surface area contributed by atoms with Crippen molar-refractivity contribution in [2.45, 2.75) is 24.1 Å². The Balaban J connectivity index is 1.51. The lowest BCUT2D eigenvalue weighted by Gasteiger charge is -2.12. The van der Waals surface area contributed by atoms with Gasteiger partial charge in [-0.3, -0.25) is 14.7 Å². The first kappa shape index (κ1) is 22.1. The number of para-hydroxylation sites is 1. The van der Waals surface area contributed by atoms with Gasteiger partial charge in [0.15, 0.2) is 0 Å². The van der Waals surface area contributed by atoms with E-state index in [4.69, 9.17) is 0 Å². The van der Waals surface area contributed by atoms with Gasteiger partial charge in [-0.2, -0.15) is 5.26 Å². The second-order valence-electron chi connectivity index (χ2n) is 7.46. The van der Waals surface area contributed by atoms with Crippen molar-refractivity contribution in [1.82, 2.24) is 14.8 Å². The van der Waals surface area contributed by atoms with E-state index in [1.807, 2.05) is 49.4 Å². The molecule has 1 atom stereocenters. The van der Waals surface area contributed by atoms with Crippen LogP contribution in [0.2, 0.25) is 0 Å². The molecule has 4 aromatic rings. The van der Waals surface area contributed by atoms with Crippen LogP contribution in [0.15, 0.2) is 82.6 Å². The smallest absolute Gasteiger partial charge is 0.273 e. The predicted molar refractivity (Wildman–Crippen MR) is 129 cm³/mol. The van der Waals surface area contributed by atoms with Gasteiger partial charge in [0.1, 0.15) is 16.9 Å². The van der Waals surface area contributed by atoms with Crippen LogP contribution < -0.4 is 10.9 Å². The van der Waals surface area contributed by atoms with Crippen LogP contribution in [-0.2, 0) is 4.79 Å². The SMILES string of the molecule is Cc1ccc(-c2ccc(C#N)c(SC(C)C(=O)Nc3cc(=O)n(-c4ccccc4)[nH]3)n2)cc1. The van der Waals surface area contributed by atoms with Gasteiger partial charge in [-0.05, 0) is 38.1 Å². The number of carbonyl (C=O) groups excluding carboxylic acids is 1. The molecule has 8 heteroatoms. The number of pyridine rings is 1. The fourth-order valence-corrected chi connectivity index (χ4v) is 4.08. The van der Waals surface area contributed by atoms with E-state index in [1.54, 1.807) is 31.2 Å². The Morgan fingerprint density at radius 1 is 1.12 bits per heavy atom. The predicted octanol–water partition coefficient (Wildman–Crippen LogP) is 4.53. The highest BCUT2D eigenvalue weighted by atomic mass is 32.2. The lowest BCUT2D eigenvalue weighted by atomic mass is 10.1. The summed E-state index contributed by atoms with van der Waals surface area (Å²) in [5, 5.41) is 15.1. The Morgan fingerprint density at radius 2 is 1.85 bits per heavy atom. The highest BCUT2D eigenvalue weighted by Crippen LogP contribution is 2.29. The number of hydrogen-bond donors (Lipinski definition) is 2. The molecule has 0 aliphatic carbocycles. The molecule has 1 amide bonds. The van der Waals surface area contributed by atoms with E-state index < -0.39 is 5.25 Å². The molecule has 4 rings (SSSR count). The van der Waals surface area contributed by atoms with Gasteiger partial charge in [-0.25, -0.2) is 9.67 Å². The van der Waals surface area contributed by atoms with Crippen LogP contribution in [0.5, 0.6) is 0 Å². The molecular weight excluding hydrogens is 434 g/mol. The molecule has 33 heavy (non-hydrogen) atoms. The van der Waals surface area contributed by atoms with Gasteiger partial charge >= 0.3 is 0 Å². The van der Waals surface area contributed by atoms with Crippen molar-refractivity contribution in [2.24, 2.45) is 0 Å². The molecule has 1 unspecified atom stereocenters. The van der Waals surface area contributed by atoms with E-state index >= 15 is 0 Å². The first-order chi connectivity index (χ1) is 15.9. The highest BCUT2D eigenvalue weighted by molar-refractivity contribution is 8.00. The number of anilines is 1. The fraction of sp³-hybridized carbons (Fsp3) is 0.120. The number of thioether (sulfide) groups is 1. The number of benzene rings is 2. The molecule has 2 aromatic heterocycles. The highest BCUT2D eigenvalue weighted by Gasteiger charge is 2.19. The summed E-state index contributed by atoms with van der Waals surface area (Å²) < 4.78 is 1.35. The average Bonchev–Trinajstić information content (AvgIpc) is 3.19. The number of aromatic nitrogens is 3. The van der Waals surface area contributed by atoms with Crippen LogP contribution in [0.3, 0.4) is 0 Å². The molecular formula is C25H21N5O2S. The molecule has 0 fully saturated rings.